The molecule has 2 N–H and O–H groups in total. The van der Waals surface area contributed by atoms with Crippen LogP contribution in [0.15, 0.2) is 0 Å². The Hall–Kier alpha value is 0.690. The normalized spacial score (nSPS) is 7.00. The van der Waals surface area contributed by atoms with Crippen LogP contribution in [0.4, 0.5) is 0 Å². The molecule has 0 aliphatic heterocycles. The van der Waals surface area contributed by atoms with Gasteiger partial charge in [-0.25, -0.2) is 0 Å². The van der Waals surface area contributed by atoms with Crippen LogP contribution in [0, 0.1) is 0 Å². The quantitative estimate of drug-likeness (QED) is 0.500. The zero-order valence-corrected chi connectivity index (χ0v) is 6.23. The van der Waals surface area contributed by atoms with Crippen molar-refractivity contribution in [2.45, 2.75) is 19.8 Å². The van der Waals surface area contributed by atoms with E-state index in [1.807, 2.05) is 0 Å². The summed E-state index contributed by atoms with van der Waals surface area (Å²) in [5.41, 5.74) is 5.14. The number of rotatable bonds is 2. The molecule has 1 nitrogen and oxygen atoms in total. The second kappa shape index (κ2) is 9.19. The van der Waals surface area contributed by atoms with Crippen LogP contribution in [-0.4, -0.2) is 6.54 Å². The number of halogens is 1. The Kier molecular flexibility index (Phi) is 15.1. The van der Waals surface area contributed by atoms with Crippen molar-refractivity contribution in [3.8, 4) is 0 Å². The van der Waals surface area contributed by atoms with Gasteiger partial charge in [0.2, 0.25) is 0 Å². The van der Waals surface area contributed by atoms with E-state index in [-0.39, 0.29) is 24.0 Å². The van der Waals surface area contributed by atoms with Gasteiger partial charge in [0.05, 0.1) is 0 Å². The molecule has 38 valence electrons. The third-order valence-electron chi connectivity index (χ3n) is 0.558. The van der Waals surface area contributed by atoms with Crippen molar-refractivity contribution in [2.24, 2.45) is 5.73 Å². The Morgan fingerprint density at radius 3 is 2.00 bits per heavy atom. The molecule has 0 aliphatic carbocycles. The fourth-order valence-corrected chi connectivity index (χ4v) is 0.204. The summed E-state index contributed by atoms with van der Waals surface area (Å²) in [4.78, 5) is 0. The zero-order chi connectivity index (χ0) is 4.12. The van der Waals surface area contributed by atoms with E-state index in [0.717, 1.165) is 6.54 Å². The molecule has 0 aromatic rings. The lowest BCUT2D eigenvalue weighted by Gasteiger charge is -1.80. The maximum Gasteiger partial charge on any atom is 1.00 e. The first-order chi connectivity index (χ1) is 2.41. The summed E-state index contributed by atoms with van der Waals surface area (Å²) in [7, 11) is 0. The Bertz CT molecular complexity index is 15.0. The maximum absolute atomic E-state index is 5.14. The fraction of sp³-hybridized carbons (Fsp3) is 1.00. The smallest absolute Gasteiger partial charge is 0.330 e. The van der Waals surface area contributed by atoms with Gasteiger partial charge in [-0.2, -0.15) is 0 Å². The average Bonchev–Trinajstić information content (AvgIpc) is 1.41. The molecule has 0 saturated carbocycles. The van der Waals surface area contributed by atoms with E-state index in [2.05, 4.69) is 6.92 Å². The van der Waals surface area contributed by atoms with Gasteiger partial charge < -0.3 is 5.73 Å². The average molecular weight is 200 g/mol. The highest BCUT2D eigenvalue weighted by Crippen LogP contribution is 1.77. The minimum atomic E-state index is 0. The first-order valence-electron chi connectivity index (χ1n) is 2.12. The van der Waals surface area contributed by atoms with Gasteiger partial charge in [-0.1, -0.05) is 13.3 Å². The number of hydrogen-bond donors (Lipinski definition) is 1. The first-order valence-corrected chi connectivity index (χ1v) is 2.12. The Morgan fingerprint density at radius 2 is 2.00 bits per heavy atom. The lowest BCUT2D eigenvalue weighted by Crippen LogP contribution is -3.00. The van der Waals surface area contributed by atoms with Gasteiger partial charge in [0.1, 0.15) is 0 Å². The van der Waals surface area contributed by atoms with E-state index in [4.69, 9.17) is 5.73 Å². The van der Waals surface area contributed by atoms with E-state index in [0.29, 0.717) is 0 Å². The molecular weight excluding hydrogens is 189 g/mol. The van der Waals surface area contributed by atoms with E-state index in [1.165, 1.54) is 12.8 Å². The molecule has 6 heavy (non-hydrogen) atoms. The fourth-order valence-electron chi connectivity index (χ4n) is 0.204. The molecule has 0 bridgehead atoms. The van der Waals surface area contributed by atoms with Gasteiger partial charge >= 0.3 is 24.0 Å². The Labute approximate surface area is 56.3 Å². The highest BCUT2D eigenvalue weighted by molar-refractivity contribution is 4.29. The molecule has 2 radical (unpaired) electrons. The third-order valence-corrected chi connectivity index (χ3v) is 0.558. The summed E-state index contributed by atoms with van der Waals surface area (Å²) < 4.78 is 0. The van der Waals surface area contributed by atoms with Crippen LogP contribution in [0.25, 0.3) is 0 Å². The topological polar surface area (TPSA) is 26.0 Å². The molecule has 0 unspecified atom stereocenters. The Balaban J connectivity index is 0. The summed E-state index contributed by atoms with van der Waals surface area (Å²) in [6.45, 7) is 2.98. The van der Waals surface area contributed by atoms with Gasteiger partial charge in [0.15, 0.2) is 0 Å². The summed E-state index contributed by atoms with van der Waals surface area (Å²) in [5.74, 6) is 0. The largest absolute Gasteiger partial charge is 1.00 e. The van der Waals surface area contributed by atoms with E-state index >= 15 is 0 Å². The third kappa shape index (κ3) is 8.83. The summed E-state index contributed by atoms with van der Waals surface area (Å²) in [5, 5.41) is 0. The van der Waals surface area contributed by atoms with Crippen molar-refractivity contribution in [1.82, 2.24) is 0 Å². The van der Waals surface area contributed by atoms with Gasteiger partial charge in [-0.3, -0.25) is 0 Å². The van der Waals surface area contributed by atoms with Crippen LogP contribution in [-0.2, 0) is 0 Å². The molecule has 0 heterocycles. The van der Waals surface area contributed by atoms with Gasteiger partial charge in [0.25, 0.3) is 0 Å². The molecule has 0 aromatic carbocycles. The Morgan fingerprint density at radius 1 is 1.50 bits per heavy atom. The van der Waals surface area contributed by atoms with Crippen molar-refractivity contribution in [2.75, 3.05) is 6.54 Å². The minimum absolute atomic E-state index is 0. The number of nitrogens with two attached hydrogens (primary N) is 1. The van der Waals surface area contributed by atoms with Crippen LogP contribution >= 0.6 is 0 Å². The van der Waals surface area contributed by atoms with E-state index in [1.54, 1.807) is 0 Å². The maximum atomic E-state index is 5.14. The van der Waals surface area contributed by atoms with Crippen LogP contribution in [0.5, 0.6) is 0 Å². The van der Waals surface area contributed by atoms with E-state index in [9.17, 15) is 0 Å². The molecule has 0 aliphatic rings. The molecule has 0 amide bonds. The van der Waals surface area contributed by atoms with Crippen molar-refractivity contribution < 1.29 is 24.0 Å². The van der Waals surface area contributed by atoms with Gasteiger partial charge in [-0.05, 0) is 13.0 Å². The highest BCUT2D eigenvalue weighted by Gasteiger charge is 1.67. The minimum Gasteiger partial charge on any atom is -0.330 e. The molecule has 0 saturated heterocycles. The van der Waals surface area contributed by atoms with Gasteiger partial charge in [-0.15, -0.1) is 0 Å². The standard InChI is InChI=1S/C4H11N.I/c1-2-3-4-5;/h2-5H2,1H3;/q;+1. The van der Waals surface area contributed by atoms with Crippen molar-refractivity contribution >= 4 is 0 Å². The second-order valence-corrected chi connectivity index (χ2v) is 1.14. The van der Waals surface area contributed by atoms with Crippen molar-refractivity contribution in [1.29, 1.82) is 0 Å². The lowest BCUT2D eigenvalue weighted by atomic mass is 10.3. The molecule has 0 fully saturated rings. The molecule has 0 spiro atoms. The monoisotopic (exact) mass is 200 g/mol. The summed E-state index contributed by atoms with van der Waals surface area (Å²) in [6.07, 6.45) is 2.39. The number of hydrogen-bond acceptors (Lipinski definition) is 1. The van der Waals surface area contributed by atoms with Crippen LogP contribution in [0.1, 0.15) is 19.8 Å². The molecule has 2 heteroatoms. The number of unbranched alkanes of at least 4 members (excludes halogenated alkanes) is 1. The second-order valence-electron chi connectivity index (χ2n) is 1.14. The molecule has 0 atom stereocenters. The van der Waals surface area contributed by atoms with Crippen LogP contribution < -0.4 is 29.7 Å². The molecular formula is C4H11IN+. The van der Waals surface area contributed by atoms with Crippen molar-refractivity contribution in [3.63, 3.8) is 0 Å². The molecule has 0 rings (SSSR count). The van der Waals surface area contributed by atoms with E-state index < -0.39 is 0 Å². The van der Waals surface area contributed by atoms with Crippen LogP contribution in [0.2, 0.25) is 0 Å². The van der Waals surface area contributed by atoms with Gasteiger partial charge in [0, 0.05) is 0 Å². The SMILES string of the molecule is CCCCN.[I+]. The highest BCUT2D eigenvalue weighted by atomic mass is 127. The summed E-state index contributed by atoms with van der Waals surface area (Å²) >= 11 is 0. The predicted molar refractivity (Wildman–Crippen MR) is 24.0 cm³/mol. The van der Waals surface area contributed by atoms with Crippen molar-refractivity contribution in [3.05, 3.63) is 0 Å². The first kappa shape index (κ1) is 9.85. The van der Waals surface area contributed by atoms with Crippen LogP contribution in [0.3, 0.4) is 0 Å². The summed E-state index contributed by atoms with van der Waals surface area (Å²) in [6, 6.07) is 0. The zero-order valence-electron chi connectivity index (χ0n) is 4.08. The predicted octanol–water partition coefficient (Wildman–Crippen LogP) is -2.25. The molecule has 0 aromatic heterocycles. The lowest BCUT2D eigenvalue weighted by molar-refractivity contribution is -0.00000129.